The zero-order valence-electron chi connectivity index (χ0n) is 11.5. The van der Waals surface area contributed by atoms with Crippen molar-refractivity contribution in [3.63, 3.8) is 0 Å². The minimum atomic E-state index is -3.54. The van der Waals surface area contributed by atoms with Crippen LogP contribution in [-0.4, -0.2) is 18.6 Å². The molecule has 21 heavy (non-hydrogen) atoms. The number of hydrogen-bond acceptors (Lipinski definition) is 5. The summed E-state index contributed by atoms with van der Waals surface area (Å²) in [4.78, 5) is 4.22. The van der Waals surface area contributed by atoms with E-state index in [-0.39, 0.29) is 10.8 Å². The molecule has 0 aliphatic carbocycles. The van der Waals surface area contributed by atoms with Gasteiger partial charge in [0.15, 0.2) is 10.8 Å². The SMILES string of the molecule is CCc1cc(CS(=O)(=O)c2ccc3ccccc3n2)on1. The molecule has 0 bridgehead atoms. The van der Waals surface area contributed by atoms with Crippen molar-refractivity contribution in [1.29, 1.82) is 0 Å². The number of pyridine rings is 1. The number of sulfone groups is 1. The molecule has 1 aromatic carbocycles. The van der Waals surface area contributed by atoms with Gasteiger partial charge in [0.2, 0.25) is 9.84 Å². The molecule has 0 radical (unpaired) electrons. The molecular weight excluding hydrogens is 288 g/mol. The number of fused-ring (bicyclic) bond motifs is 1. The number of aromatic nitrogens is 2. The number of rotatable bonds is 4. The van der Waals surface area contributed by atoms with Crippen LogP contribution < -0.4 is 0 Å². The molecule has 0 fully saturated rings. The first kappa shape index (κ1) is 13.8. The van der Waals surface area contributed by atoms with Gasteiger partial charge in [0.05, 0.1) is 11.2 Å². The summed E-state index contributed by atoms with van der Waals surface area (Å²) >= 11 is 0. The van der Waals surface area contributed by atoms with E-state index < -0.39 is 9.84 Å². The van der Waals surface area contributed by atoms with E-state index in [0.717, 1.165) is 11.1 Å². The van der Waals surface area contributed by atoms with E-state index in [4.69, 9.17) is 4.52 Å². The first-order chi connectivity index (χ1) is 10.1. The summed E-state index contributed by atoms with van der Waals surface area (Å²) in [7, 11) is -3.54. The zero-order valence-corrected chi connectivity index (χ0v) is 12.3. The molecule has 0 atom stereocenters. The quantitative estimate of drug-likeness (QED) is 0.741. The van der Waals surface area contributed by atoms with Gasteiger partial charge in [0, 0.05) is 11.5 Å². The van der Waals surface area contributed by atoms with Crippen LogP contribution in [0.2, 0.25) is 0 Å². The summed E-state index contributed by atoms with van der Waals surface area (Å²) in [6, 6.07) is 12.3. The molecule has 0 saturated carbocycles. The first-order valence-electron chi connectivity index (χ1n) is 6.61. The van der Waals surface area contributed by atoms with Gasteiger partial charge >= 0.3 is 0 Å². The molecule has 3 aromatic rings. The normalized spacial score (nSPS) is 11.9. The predicted octanol–water partition coefficient (Wildman–Crippen LogP) is 2.76. The molecule has 2 heterocycles. The average Bonchev–Trinajstić information content (AvgIpc) is 2.93. The molecule has 108 valence electrons. The van der Waals surface area contributed by atoms with E-state index in [9.17, 15) is 8.42 Å². The highest BCUT2D eigenvalue weighted by atomic mass is 32.2. The van der Waals surface area contributed by atoms with Crippen molar-refractivity contribution in [1.82, 2.24) is 10.1 Å². The lowest BCUT2D eigenvalue weighted by Gasteiger charge is -2.03. The molecule has 0 spiro atoms. The molecule has 3 rings (SSSR count). The smallest absolute Gasteiger partial charge is 0.202 e. The monoisotopic (exact) mass is 302 g/mol. The van der Waals surface area contributed by atoms with Crippen molar-refractivity contribution >= 4 is 20.7 Å². The minimum absolute atomic E-state index is 0.0515. The van der Waals surface area contributed by atoms with Crippen LogP contribution in [0.25, 0.3) is 10.9 Å². The van der Waals surface area contributed by atoms with Gasteiger partial charge in [-0.3, -0.25) is 0 Å². The highest BCUT2D eigenvalue weighted by Gasteiger charge is 2.20. The third-order valence-corrected chi connectivity index (χ3v) is 4.72. The average molecular weight is 302 g/mol. The van der Waals surface area contributed by atoms with E-state index in [2.05, 4.69) is 10.1 Å². The summed E-state index contributed by atoms with van der Waals surface area (Å²) in [5.74, 6) is 0.104. The van der Waals surface area contributed by atoms with Crippen LogP contribution in [0.5, 0.6) is 0 Å². The molecule has 5 nitrogen and oxygen atoms in total. The summed E-state index contributed by atoms with van der Waals surface area (Å²) in [6.45, 7) is 1.93. The number of hydrogen-bond donors (Lipinski definition) is 0. The van der Waals surface area contributed by atoms with Gasteiger partial charge < -0.3 is 4.52 Å². The second kappa shape index (κ2) is 5.29. The molecule has 0 amide bonds. The van der Waals surface area contributed by atoms with Gasteiger partial charge in [-0.2, -0.15) is 0 Å². The number of para-hydroxylation sites is 1. The van der Waals surface area contributed by atoms with Gasteiger partial charge in [-0.1, -0.05) is 30.3 Å². The lowest BCUT2D eigenvalue weighted by atomic mass is 10.2. The fourth-order valence-electron chi connectivity index (χ4n) is 2.07. The van der Waals surface area contributed by atoms with Crippen LogP contribution in [0.1, 0.15) is 18.4 Å². The zero-order chi connectivity index (χ0) is 14.9. The Morgan fingerprint density at radius 2 is 1.95 bits per heavy atom. The third kappa shape index (κ3) is 2.80. The summed E-state index contributed by atoms with van der Waals surface area (Å²) in [5, 5.41) is 4.76. The Bertz CT molecular complexity index is 885. The van der Waals surface area contributed by atoms with Crippen LogP contribution >= 0.6 is 0 Å². The maximum Gasteiger partial charge on any atom is 0.202 e. The van der Waals surface area contributed by atoms with Gasteiger partial charge in [-0.05, 0) is 24.6 Å². The minimum Gasteiger partial charge on any atom is -0.360 e. The number of benzene rings is 1. The molecule has 0 aliphatic rings. The fraction of sp³-hybridized carbons (Fsp3) is 0.200. The molecule has 0 aliphatic heterocycles. The highest BCUT2D eigenvalue weighted by molar-refractivity contribution is 7.90. The van der Waals surface area contributed by atoms with Crippen LogP contribution in [0.3, 0.4) is 0 Å². The molecule has 0 unspecified atom stereocenters. The summed E-state index contributed by atoms with van der Waals surface area (Å²) < 4.78 is 29.8. The van der Waals surface area contributed by atoms with Crippen molar-refractivity contribution in [2.45, 2.75) is 24.1 Å². The molecule has 0 N–H and O–H groups in total. The second-order valence-corrected chi connectivity index (χ2v) is 6.68. The van der Waals surface area contributed by atoms with E-state index in [0.29, 0.717) is 17.7 Å². The van der Waals surface area contributed by atoms with Crippen molar-refractivity contribution in [2.75, 3.05) is 0 Å². The number of aryl methyl sites for hydroxylation is 1. The molecule has 0 saturated heterocycles. The van der Waals surface area contributed by atoms with E-state index >= 15 is 0 Å². The maximum atomic E-state index is 12.4. The Hall–Kier alpha value is -2.21. The van der Waals surface area contributed by atoms with Crippen molar-refractivity contribution in [3.05, 3.63) is 53.9 Å². The van der Waals surface area contributed by atoms with Crippen LogP contribution in [0, 0.1) is 0 Å². The van der Waals surface area contributed by atoms with E-state index in [1.807, 2.05) is 25.1 Å². The largest absolute Gasteiger partial charge is 0.360 e. The van der Waals surface area contributed by atoms with Gasteiger partial charge in [0.25, 0.3) is 0 Å². The van der Waals surface area contributed by atoms with Gasteiger partial charge in [0.1, 0.15) is 5.75 Å². The lowest BCUT2D eigenvalue weighted by Crippen LogP contribution is -2.06. The molecule has 6 heteroatoms. The Morgan fingerprint density at radius 3 is 2.71 bits per heavy atom. The molecular formula is C15H14N2O3S. The van der Waals surface area contributed by atoms with Gasteiger partial charge in [-0.25, -0.2) is 13.4 Å². The Labute approximate surface area is 122 Å². The number of nitrogens with zero attached hydrogens (tertiary/aromatic N) is 2. The predicted molar refractivity (Wildman–Crippen MR) is 78.5 cm³/mol. The van der Waals surface area contributed by atoms with E-state index in [1.165, 1.54) is 6.07 Å². The summed E-state index contributed by atoms with van der Waals surface area (Å²) in [5.41, 5.74) is 1.40. The topological polar surface area (TPSA) is 73.1 Å². The Kier molecular flexibility index (Phi) is 3.47. The van der Waals surface area contributed by atoms with Crippen LogP contribution in [0.15, 0.2) is 52.0 Å². The third-order valence-electron chi connectivity index (χ3n) is 3.19. The lowest BCUT2D eigenvalue weighted by molar-refractivity contribution is 0.386. The van der Waals surface area contributed by atoms with E-state index in [1.54, 1.807) is 18.2 Å². The highest BCUT2D eigenvalue weighted by Crippen LogP contribution is 2.19. The fourth-order valence-corrected chi connectivity index (χ4v) is 3.24. The Balaban J connectivity index is 1.95. The van der Waals surface area contributed by atoms with Crippen molar-refractivity contribution in [3.8, 4) is 0 Å². The van der Waals surface area contributed by atoms with Gasteiger partial charge in [-0.15, -0.1) is 0 Å². The van der Waals surface area contributed by atoms with Crippen molar-refractivity contribution in [2.24, 2.45) is 0 Å². The standard InChI is InChI=1S/C15H14N2O3S/c1-2-12-9-13(20-17-12)10-21(18,19)15-8-7-11-5-3-4-6-14(11)16-15/h3-9H,2,10H2,1H3. The van der Waals surface area contributed by atoms with Crippen molar-refractivity contribution < 1.29 is 12.9 Å². The maximum absolute atomic E-state index is 12.4. The summed E-state index contributed by atoms with van der Waals surface area (Å²) in [6.07, 6.45) is 0.706. The second-order valence-electron chi connectivity index (χ2n) is 4.74. The Morgan fingerprint density at radius 1 is 1.14 bits per heavy atom. The molecule has 2 aromatic heterocycles. The van der Waals surface area contributed by atoms with Crippen LogP contribution in [-0.2, 0) is 22.0 Å². The van der Waals surface area contributed by atoms with Crippen LogP contribution in [0.4, 0.5) is 0 Å². The first-order valence-corrected chi connectivity index (χ1v) is 8.27.